The molecule has 0 unspecified atom stereocenters. The number of benzene rings is 2. The van der Waals surface area contributed by atoms with Crippen LogP contribution in [0.15, 0.2) is 48.5 Å². The molecule has 0 aliphatic carbocycles. The molecule has 0 aliphatic heterocycles. The van der Waals surface area contributed by atoms with Gasteiger partial charge in [-0.1, -0.05) is 62.1 Å². The van der Waals surface area contributed by atoms with Gasteiger partial charge in [0.2, 0.25) is 0 Å². The predicted molar refractivity (Wildman–Crippen MR) is 109 cm³/mol. The summed E-state index contributed by atoms with van der Waals surface area (Å²) < 4.78 is 38.8. The van der Waals surface area contributed by atoms with E-state index in [1.54, 1.807) is 0 Å². The third kappa shape index (κ3) is 8.71. The van der Waals surface area contributed by atoms with E-state index in [9.17, 15) is 18.0 Å². The number of rotatable bonds is 12. The van der Waals surface area contributed by atoms with Crippen LogP contribution in [0.3, 0.4) is 0 Å². The van der Waals surface area contributed by atoms with Crippen LogP contribution >= 0.6 is 0 Å². The number of alkyl halides is 3. The predicted octanol–water partition coefficient (Wildman–Crippen LogP) is 6.85. The summed E-state index contributed by atoms with van der Waals surface area (Å²) in [6.07, 6.45) is 3.91. The fourth-order valence-corrected chi connectivity index (χ4v) is 3.52. The van der Waals surface area contributed by atoms with Crippen molar-refractivity contribution >= 4 is 5.97 Å². The first-order chi connectivity index (χ1) is 13.9. The summed E-state index contributed by atoms with van der Waals surface area (Å²) in [4.78, 5) is 10.8. The lowest BCUT2D eigenvalue weighted by atomic mass is 9.95. The quantitative estimate of drug-likeness (QED) is 0.392. The number of carboxylic acid groups (broad SMARTS) is 1. The minimum Gasteiger partial charge on any atom is -0.481 e. The topological polar surface area (TPSA) is 37.3 Å². The fourth-order valence-electron chi connectivity index (χ4n) is 3.52. The molecule has 0 fully saturated rings. The molecule has 0 saturated heterocycles. The van der Waals surface area contributed by atoms with Gasteiger partial charge in [0, 0.05) is 6.42 Å². The van der Waals surface area contributed by atoms with Crippen molar-refractivity contribution in [3.05, 3.63) is 70.8 Å². The number of unbranched alkanes of at least 4 members (excludes halogenated alkanes) is 5. The monoisotopic (exact) mass is 406 g/mol. The van der Waals surface area contributed by atoms with Crippen molar-refractivity contribution in [3.8, 4) is 0 Å². The number of hydrogen-bond acceptors (Lipinski definition) is 1. The molecular weight excluding hydrogens is 377 g/mol. The number of halogens is 3. The Kier molecular flexibility index (Phi) is 9.23. The molecular formula is C24H29F3O2. The van der Waals surface area contributed by atoms with Crippen molar-refractivity contribution in [2.45, 2.75) is 70.4 Å². The van der Waals surface area contributed by atoms with Crippen LogP contribution in [0.1, 0.15) is 67.2 Å². The van der Waals surface area contributed by atoms with Crippen LogP contribution in [0.25, 0.3) is 0 Å². The van der Waals surface area contributed by atoms with Crippen molar-refractivity contribution in [2.24, 2.45) is 0 Å². The van der Waals surface area contributed by atoms with E-state index in [0.29, 0.717) is 12.0 Å². The molecule has 0 bridgehead atoms. The molecule has 158 valence electrons. The minimum atomic E-state index is -4.41. The van der Waals surface area contributed by atoms with E-state index in [4.69, 9.17) is 5.11 Å². The molecule has 0 aliphatic rings. The smallest absolute Gasteiger partial charge is 0.416 e. The molecule has 0 spiro atoms. The van der Waals surface area contributed by atoms with E-state index in [2.05, 4.69) is 24.3 Å². The lowest BCUT2D eigenvalue weighted by molar-refractivity contribution is -0.137. The van der Waals surface area contributed by atoms with Crippen molar-refractivity contribution < 1.29 is 23.1 Å². The van der Waals surface area contributed by atoms with E-state index in [1.165, 1.54) is 24.5 Å². The number of aryl methyl sites for hydroxylation is 3. The van der Waals surface area contributed by atoms with E-state index in [-0.39, 0.29) is 12.8 Å². The summed E-state index contributed by atoms with van der Waals surface area (Å²) in [5, 5.41) is 8.86. The second-order valence-corrected chi connectivity index (χ2v) is 7.48. The van der Waals surface area contributed by atoms with Gasteiger partial charge < -0.3 is 5.11 Å². The van der Waals surface area contributed by atoms with Gasteiger partial charge in [0.15, 0.2) is 0 Å². The lowest BCUT2D eigenvalue weighted by Gasteiger charge is -2.13. The summed E-state index contributed by atoms with van der Waals surface area (Å²) in [6.45, 7) is 0. The minimum absolute atomic E-state index is 0.133. The summed E-state index contributed by atoms with van der Waals surface area (Å²) in [5.74, 6) is -0.996. The van der Waals surface area contributed by atoms with Crippen LogP contribution < -0.4 is 0 Å². The van der Waals surface area contributed by atoms with Gasteiger partial charge >= 0.3 is 12.1 Å². The molecule has 0 heterocycles. The average Bonchev–Trinajstić information content (AvgIpc) is 2.68. The van der Waals surface area contributed by atoms with Crippen molar-refractivity contribution in [2.75, 3.05) is 0 Å². The first-order valence-corrected chi connectivity index (χ1v) is 10.3. The molecule has 0 saturated carbocycles. The van der Waals surface area contributed by atoms with E-state index in [0.717, 1.165) is 49.8 Å². The fraction of sp³-hybridized carbons (Fsp3) is 0.458. The Bertz CT molecular complexity index is 754. The normalized spacial score (nSPS) is 11.6. The Hall–Kier alpha value is -2.30. The number of carboxylic acids is 1. The maximum absolute atomic E-state index is 12.9. The highest BCUT2D eigenvalue weighted by Gasteiger charge is 2.30. The zero-order valence-electron chi connectivity index (χ0n) is 16.7. The first kappa shape index (κ1) is 23.0. The Morgan fingerprint density at radius 2 is 1.38 bits per heavy atom. The van der Waals surface area contributed by atoms with Crippen LogP contribution in [0.2, 0.25) is 0 Å². The lowest BCUT2D eigenvalue weighted by Crippen LogP contribution is -2.08. The van der Waals surface area contributed by atoms with Gasteiger partial charge in [-0.15, -0.1) is 0 Å². The Labute approximate surface area is 170 Å². The van der Waals surface area contributed by atoms with Crippen LogP contribution in [-0.2, 0) is 30.2 Å². The van der Waals surface area contributed by atoms with Crippen LogP contribution in [-0.4, -0.2) is 11.1 Å². The molecule has 0 amide bonds. The highest BCUT2D eigenvalue weighted by molar-refractivity contribution is 5.67. The Morgan fingerprint density at radius 1 is 0.759 bits per heavy atom. The van der Waals surface area contributed by atoms with Crippen LogP contribution in [0.4, 0.5) is 13.2 Å². The summed E-state index contributed by atoms with van der Waals surface area (Å²) in [6, 6.07) is 14.2. The molecule has 2 aromatic carbocycles. The first-order valence-electron chi connectivity index (χ1n) is 10.3. The molecule has 0 radical (unpaired) electrons. The van der Waals surface area contributed by atoms with Crippen LogP contribution in [0, 0.1) is 0 Å². The molecule has 1 N–H and O–H groups in total. The maximum atomic E-state index is 12.9. The third-order valence-electron chi connectivity index (χ3n) is 5.15. The van der Waals surface area contributed by atoms with E-state index < -0.39 is 17.7 Å². The summed E-state index contributed by atoms with van der Waals surface area (Å²) >= 11 is 0. The summed E-state index contributed by atoms with van der Waals surface area (Å²) in [7, 11) is 0. The van der Waals surface area contributed by atoms with Gasteiger partial charge in [-0.25, -0.2) is 0 Å². The molecule has 2 aromatic rings. The maximum Gasteiger partial charge on any atom is 0.416 e. The highest BCUT2D eigenvalue weighted by atomic mass is 19.4. The van der Waals surface area contributed by atoms with E-state index in [1.807, 2.05) is 6.07 Å². The van der Waals surface area contributed by atoms with Gasteiger partial charge in [0.05, 0.1) is 5.56 Å². The van der Waals surface area contributed by atoms with Crippen molar-refractivity contribution in [3.63, 3.8) is 0 Å². The van der Waals surface area contributed by atoms with Gasteiger partial charge in [0.1, 0.15) is 0 Å². The largest absolute Gasteiger partial charge is 0.481 e. The second-order valence-electron chi connectivity index (χ2n) is 7.48. The van der Waals surface area contributed by atoms with Gasteiger partial charge in [0.25, 0.3) is 0 Å². The highest BCUT2D eigenvalue weighted by Crippen LogP contribution is 2.31. The van der Waals surface area contributed by atoms with Crippen molar-refractivity contribution in [1.82, 2.24) is 0 Å². The van der Waals surface area contributed by atoms with Gasteiger partial charge in [-0.05, 0) is 60.9 Å². The SMILES string of the molecule is O=C(O)CCc1cc(C(F)(F)F)ccc1CCCCCCCCc1ccccc1. The number of aliphatic carboxylic acids is 1. The number of carbonyl (C=O) groups is 1. The average molecular weight is 406 g/mol. The zero-order valence-corrected chi connectivity index (χ0v) is 16.7. The Morgan fingerprint density at radius 3 is 2.00 bits per heavy atom. The molecule has 0 aromatic heterocycles. The molecule has 5 heteroatoms. The third-order valence-corrected chi connectivity index (χ3v) is 5.15. The zero-order chi connectivity index (χ0) is 21.1. The van der Waals surface area contributed by atoms with Gasteiger partial charge in [-0.2, -0.15) is 13.2 Å². The number of hydrogen-bond donors (Lipinski definition) is 1. The second kappa shape index (κ2) is 11.6. The summed E-state index contributed by atoms with van der Waals surface area (Å²) in [5.41, 5.74) is 2.00. The molecule has 2 nitrogen and oxygen atoms in total. The van der Waals surface area contributed by atoms with E-state index >= 15 is 0 Å². The van der Waals surface area contributed by atoms with Crippen molar-refractivity contribution in [1.29, 1.82) is 0 Å². The van der Waals surface area contributed by atoms with Crippen LogP contribution in [0.5, 0.6) is 0 Å². The molecule has 29 heavy (non-hydrogen) atoms. The standard InChI is InChI=1S/C24H29F3O2/c25-24(26,27)22-16-14-20(21(18-22)15-17-23(28)29)13-9-4-2-1-3-6-10-19-11-7-5-8-12-19/h5,7-8,11-12,14,16,18H,1-4,6,9-10,13,15,17H2,(H,28,29). The molecule has 0 atom stereocenters. The Balaban J connectivity index is 1.73. The molecule has 2 rings (SSSR count). The van der Waals surface area contributed by atoms with Gasteiger partial charge in [-0.3, -0.25) is 4.79 Å².